The minimum absolute atomic E-state index is 0.120. The Labute approximate surface area is 150 Å². The lowest BCUT2D eigenvalue weighted by atomic mass is 10.1. The minimum atomic E-state index is -0.430. The smallest absolute Gasteiger partial charge is 0.253 e. The lowest BCUT2D eigenvalue weighted by molar-refractivity contribution is 0.613. The molecule has 2 heterocycles. The van der Waals surface area contributed by atoms with Crippen LogP contribution < -0.4 is 10.9 Å². The van der Waals surface area contributed by atoms with Crippen LogP contribution in [0.25, 0.3) is 10.9 Å². The molecule has 3 rings (SSSR count). The summed E-state index contributed by atoms with van der Waals surface area (Å²) < 4.78 is 14.5. The van der Waals surface area contributed by atoms with Crippen molar-refractivity contribution in [2.45, 2.75) is 13.0 Å². The summed E-state index contributed by atoms with van der Waals surface area (Å²) >= 11 is 7.89. The minimum Gasteiger partial charge on any atom is -0.361 e. The Morgan fingerprint density at radius 2 is 2.13 bits per heavy atom. The van der Waals surface area contributed by atoms with Gasteiger partial charge in [-0.3, -0.25) is 4.79 Å². The second-order valence-electron chi connectivity index (χ2n) is 5.11. The first kappa shape index (κ1) is 16.2. The van der Waals surface area contributed by atoms with E-state index in [1.807, 2.05) is 22.6 Å². The summed E-state index contributed by atoms with van der Waals surface area (Å²) in [6.07, 6.45) is 1.52. The Morgan fingerprint density at radius 1 is 1.35 bits per heavy atom. The summed E-state index contributed by atoms with van der Waals surface area (Å²) in [6, 6.07) is 8.16. The van der Waals surface area contributed by atoms with Crippen molar-refractivity contribution in [1.82, 2.24) is 9.97 Å². The van der Waals surface area contributed by atoms with Crippen molar-refractivity contribution in [3.63, 3.8) is 0 Å². The van der Waals surface area contributed by atoms with Crippen LogP contribution in [-0.4, -0.2) is 9.97 Å². The molecule has 1 unspecified atom stereocenters. The van der Waals surface area contributed by atoms with Crippen LogP contribution in [0.5, 0.6) is 0 Å². The lowest BCUT2D eigenvalue weighted by Gasteiger charge is -2.15. The molecule has 23 heavy (non-hydrogen) atoms. The van der Waals surface area contributed by atoms with E-state index >= 15 is 0 Å². The molecule has 2 N–H and O–H groups in total. The Bertz CT molecular complexity index is 944. The number of hydrogen-bond donors (Lipinski definition) is 2. The quantitative estimate of drug-likeness (QED) is 0.586. The van der Waals surface area contributed by atoms with Crippen molar-refractivity contribution in [3.05, 3.63) is 66.9 Å². The molecule has 0 aliphatic carbocycles. The first-order valence-corrected chi connectivity index (χ1v) is 8.30. The number of benzene rings is 1. The molecule has 3 aromatic rings. The fraction of sp³-hybridized carbons (Fsp3) is 0.125. The largest absolute Gasteiger partial charge is 0.361 e. The van der Waals surface area contributed by atoms with Gasteiger partial charge < -0.3 is 10.3 Å². The van der Waals surface area contributed by atoms with Crippen LogP contribution in [-0.2, 0) is 0 Å². The summed E-state index contributed by atoms with van der Waals surface area (Å²) in [7, 11) is 0. The van der Waals surface area contributed by atoms with Gasteiger partial charge in [-0.1, -0.05) is 11.6 Å². The van der Waals surface area contributed by atoms with Crippen molar-refractivity contribution >= 4 is 50.9 Å². The number of fused-ring (bicyclic) bond motifs is 1. The highest BCUT2D eigenvalue weighted by molar-refractivity contribution is 14.1. The molecular weight excluding hydrogens is 432 g/mol. The Balaban J connectivity index is 2.00. The lowest BCUT2D eigenvalue weighted by Crippen LogP contribution is -2.20. The van der Waals surface area contributed by atoms with E-state index in [9.17, 15) is 9.18 Å². The number of aromatic amines is 1. The number of pyridine rings is 2. The number of halogens is 3. The molecule has 118 valence electrons. The van der Waals surface area contributed by atoms with Crippen LogP contribution in [0.4, 0.5) is 10.2 Å². The van der Waals surface area contributed by atoms with Crippen LogP contribution >= 0.6 is 34.2 Å². The van der Waals surface area contributed by atoms with Gasteiger partial charge in [0.15, 0.2) is 11.6 Å². The third kappa shape index (κ3) is 3.32. The van der Waals surface area contributed by atoms with Gasteiger partial charge in [0.1, 0.15) is 0 Å². The monoisotopic (exact) mass is 443 g/mol. The van der Waals surface area contributed by atoms with Gasteiger partial charge >= 0.3 is 0 Å². The number of hydrogen-bond acceptors (Lipinski definition) is 3. The van der Waals surface area contributed by atoms with Crippen molar-refractivity contribution < 1.29 is 4.39 Å². The van der Waals surface area contributed by atoms with Gasteiger partial charge in [0.25, 0.3) is 5.56 Å². The van der Waals surface area contributed by atoms with Crippen molar-refractivity contribution in [2.75, 3.05) is 5.32 Å². The van der Waals surface area contributed by atoms with E-state index in [0.29, 0.717) is 19.7 Å². The number of rotatable bonds is 3. The third-order valence-corrected chi connectivity index (χ3v) is 4.57. The Hall–Kier alpha value is -1.67. The summed E-state index contributed by atoms with van der Waals surface area (Å²) in [4.78, 5) is 19.1. The first-order valence-electron chi connectivity index (χ1n) is 6.84. The molecule has 0 spiro atoms. The van der Waals surface area contributed by atoms with E-state index in [1.165, 1.54) is 6.20 Å². The van der Waals surface area contributed by atoms with Crippen molar-refractivity contribution in [2.24, 2.45) is 0 Å². The van der Waals surface area contributed by atoms with Gasteiger partial charge in [-0.15, -0.1) is 0 Å². The topological polar surface area (TPSA) is 57.8 Å². The predicted octanol–water partition coefficient (Wildman–Crippen LogP) is 4.49. The van der Waals surface area contributed by atoms with Crippen LogP contribution in [0.2, 0.25) is 5.02 Å². The molecule has 0 bridgehead atoms. The zero-order chi connectivity index (χ0) is 16.6. The molecule has 1 atom stereocenters. The van der Waals surface area contributed by atoms with Gasteiger partial charge in [-0.05, 0) is 59.8 Å². The SMILES string of the molecule is CC(Nc1nccc(I)c1F)c1cc2cc(Cl)ccc2[nH]c1=O. The average molecular weight is 444 g/mol. The van der Waals surface area contributed by atoms with E-state index in [4.69, 9.17) is 11.6 Å². The van der Waals surface area contributed by atoms with Gasteiger partial charge in [0.05, 0.1) is 9.61 Å². The molecular formula is C16H12ClFIN3O. The van der Waals surface area contributed by atoms with E-state index in [2.05, 4.69) is 15.3 Å². The predicted molar refractivity (Wildman–Crippen MR) is 98.5 cm³/mol. The molecule has 0 saturated carbocycles. The third-order valence-electron chi connectivity index (χ3n) is 3.50. The highest BCUT2D eigenvalue weighted by Gasteiger charge is 2.15. The number of H-pyrrole nitrogens is 1. The summed E-state index contributed by atoms with van der Waals surface area (Å²) in [5.74, 6) is -0.310. The van der Waals surface area contributed by atoms with Crippen LogP contribution in [0.1, 0.15) is 18.5 Å². The number of nitrogens with zero attached hydrogens (tertiary/aromatic N) is 1. The second-order valence-corrected chi connectivity index (χ2v) is 6.71. The second kappa shape index (κ2) is 6.45. The zero-order valence-corrected chi connectivity index (χ0v) is 14.9. The zero-order valence-electron chi connectivity index (χ0n) is 12.0. The number of anilines is 1. The summed E-state index contributed by atoms with van der Waals surface area (Å²) in [5, 5.41) is 4.34. The normalized spacial score (nSPS) is 12.3. The van der Waals surface area contributed by atoms with Gasteiger partial charge in [0.2, 0.25) is 0 Å². The van der Waals surface area contributed by atoms with Crippen LogP contribution in [0.3, 0.4) is 0 Å². The summed E-state index contributed by atoms with van der Waals surface area (Å²) in [5.41, 5.74) is 0.958. The highest BCUT2D eigenvalue weighted by atomic mass is 127. The number of nitrogens with one attached hydrogen (secondary N) is 2. The molecule has 7 heteroatoms. The molecule has 1 aromatic carbocycles. The average Bonchev–Trinajstić information content (AvgIpc) is 2.51. The molecule has 4 nitrogen and oxygen atoms in total. The van der Waals surface area contributed by atoms with E-state index < -0.39 is 11.9 Å². The van der Waals surface area contributed by atoms with Gasteiger partial charge in [0, 0.05) is 27.7 Å². The maximum atomic E-state index is 14.0. The molecule has 0 fully saturated rings. The van der Waals surface area contributed by atoms with Crippen molar-refractivity contribution in [1.29, 1.82) is 0 Å². The van der Waals surface area contributed by atoms with Crippen molar-refractivity contribution in [3.8, 4) is 0 Å². The number of aromatic nitrogens is 2. The maximum Gasteiger partial charge on any atom is 0.253 e. The molecule has 0 saturated heterocycles. The van der Waals surface area contributed by atoms with Crippen LogP contribution in [0, 0.1) is 9.39 Å². The highest BCUT2D eigenvalue weighted by Crippen LogP contribution is 2.23. The Kier molecular flexibility index (Phi) is 4.54. The molecule has 0 aliphatic rings. The van der Waals surface area contributed by atoms with E-state index in [0.717, 1.165) is 5.39 Å². The van der Waals surface area contributed by atoms with E-state index in [1.54, 1.807) is 37.3 Å². The molecule has 0 radical (unpaired) electrons. The first-order chi connectivity index (χ1) is 11.0. The van der Waals surface area contributed by atoms with Gasteiger partial charge in [-0.25, -0.2) is 9.37 Å². The Morgan fingerprint density at radius 3 is 2.91 bits per heavy atom. The van der Waals surface area contributed by atoms with Crippen LogP contribution in [0.15, 0.2) is 41.3 Å². The molecule has 0 aliphatic heterocycles. The fourth-order valence-electron chi connectivity index (χ4n) is 2.32. The summed E-state index contributed by atoms with van der Waals surface area (Å²) in [6.45, 7) is 1.78. The maximum absolute atomic E-state index is 14.0. The standard InChI is InChI=1S/C16H12ClFIN3O/c1-8(21-15-14(18)12(19)4-5-20-15)11-7-9-6-10(17)2-3-13(9)22-16(11)23/h2-8H,1H3,(H,20,21)(H,22,23). The molecule has 0 amide bonds. The van der Waals surface area contributed by atoms with Gasteiger partial charge in [-0.2, -0.15) is 0 Å². The molecule has 2 aromatic heterocycles. The fourth-order valence-corrected chi connectivity index (χ4v) is 2.92. The van der Waals surface area contributed by atoms with E-state index in [-0.39, 0.29) is 11.4 Å².